The first-order valence-electron chi connectivity index (χ1n) is 11.8. The Kier molecular flexibility index (Phi) is 7.01. The Balaban J connectivity index is 1.50. The lowest BCUT2D eigenvalue weighted by Crippen LogP contribution is -2.38. The molecule has 0 aromatic carbocycles. The number of rotatable bonds is 7. The molecule has 4 rings (SSSR count). The number of hydrogen-bond acceptors (Lipinski definition) is 6. The van der Waals surface area contributed by atoms with Crippen LogP contribution in [0.2, 0.25) is 0 Å². The van der Waals surface area contributed by atoms with Gasteiger partial charge >= 0.3 is 0 Å². The number of amides is 1. The maximum atomic E-state index is 13.0. The highest BCUT2D eigenvalue weighted by molar-refractivity contribution is 5.92. The number of H-pyrrole nitrogens is 1. The molecule has 1 saturated heterocycles. The molecule has 1 aliphatic heterocycles. The molecule has 0 unspecified atom stereocenters. The molecule has 0 aliphatic carbocycles. The summed E-state index contributed by atoms with van der Waals surface area (Å²) >= 11 is 0. The maximum absolute atomic E-state index is 13.0. The van der Waals surface area contributed by atoms with E-state index >= 15 is 0 Å². The zero-order valence-electron chi connectivity index (χ0n) is 19.9. The molecule has 8 heteroatoms. The summed E-state index contributed by atoms with van der Waals surface area (Å²) in [7, 11) is 0. The van der Waals surface area contributed by atoms with Gasteiger partial charge in [0.25, 0.3) is 5.91 Å². The van der Waals surface area contributed by atoms with E-state index in [-0.39, 0.29) is 17.9 Å². The van der Waals surface area contributed by atoms with E-state index in [4.69, 9.17) is 4.98 Å². The van der Waals surface area contributed by atoms with Crippen molar-refractivity contribution in [1.82, 2.24) is 30.0 Å². The summed E-state index contributed by atoms with van der Waals surface area (Å²) < 4.78 is 0. The van der Waals surface area contributed by atoms with Crippen molar-refractivity contribution in [3.05, 3.63) is 53.9 Å². The SMILES string of the molecule is CC(C)Cc1cc(C(=O)N2CCC(c3nc(NC(C)C)ncc3-c3ccncc3)CC2)n[nH]1. The number of hydrogen-bond donors (Lipinski definition) is 2. The minimum absolute atomic E-state index is 0.00101. The van der Waals surface area contributed by atoms with Crippen molar-refractivity contribution in [2.45, 2.75) is 58.9 Å². The number of anilines is 1. The van der Waals surface area contributed by atoms with Crippen molar-refractivity contribution < 1.29 is 4.79 Å². The molecule has 8 nitrogen and oxygen atoms in total. The topological polar surface area (TPSA) is 99.7 Å². The molecule has 0 bridgehead atoms. The second-order valence-electron chi connectivity index (χ2n) is 9.47. The molecule has 2 N–H and O–H groups in total. The van der Waals surface area contributed by atoms with Crippen molar-refractivity contribution >= 4 is 11.9 Å². The molecule has 174 valence electrons. The number of aromatic nitrogens is 5. The van der Waals surface area contributed by atoms with E-state index in [1.54, 1.807) is 12.4 Å². The number of carbonyl (C=O) groups excluding carboxylic acids is 1. The van der Waals surface area contributed by atoms with Crippen LogP contribution < -0.4 is 5.32 Å². The molecule has 3 aromatic heterocycles. The van der Waals surface area contributed by atoms with Crippen molar-refractivity contribution in [3.63, 3.8) is 0 Å². The Morgan fingerprint density at radius 2 is 1.91 bits per heavy atom. The van der Waals surface area contributed by atoms with E-state index in [0.717, 1.165) is 41.8 Å². The fourth-order valence-electron chi connectivity index (χ4n) is 4.32. The quantitative estimate of drug-likeness (QED) is 0.560. The lowest BCUT2D eigenvalue weighted by Gasteiger charge is -2.32. The van der Waals surface area contributed by atoms with Crippen molar-refractivity contribution in [2.75, 3.05) is 18.4 Å². The van der Waals surface area contributed by atoms with Crippen LogP contribution in [-0.4, -0.2) is 55.1 Å². The minimum Gasteiger partial charge on any atom is -0.352 e. The summed E-state index contributed by atoms with van der Waals surface area (Å²) in [6.07, 6.45) is 8.08. The van der Waals surface area contributed by atoms with Gasteiger partial charge in [0.05, 0.1) is 5.69 Å². The summed E-state index contributed by atoms with van der Waals surface area (Å²) in [5.41, 5.74) is 4.64. The number of carbonyl (C=O) groups is 1. The Bertz CT molecular complexity index is 1070. The van der Waals surface area contributed by atoms with E-state index in [1.165, 1.54) is 0 Å². The second kappa shape index (κ2) is 10.1. The molecule has 4 heterocycles. The largest absolute Gasteiger partial charge is 0.352 e. The van der Waals surface area contributed by atoms with Crippen molar-refractivity contribution in [2.24, 2.45) is 5.92 Å². The first-order valence-corrected chi connectivity index (χ1v) is 11.8. The Morgan fingerprint density at radius 3 is 2.58 bits per heavy atom. The maximum Gasteiger partial charge on any atom is 0.274 e. The summed E-state index contributed by atoms with van der Waals surface area (Å²) in [6.45, 7) is 9.83. The lowest BCUT2D eigenvalue weighted by atomic mass is 9.89. The highest BCUT2D eigenvalue weighted by atomic mass is 16.2. The van der Waals surface area contributed by atoms with Gasteiger partial charge in [0.15, 0.2) is 0 Å². The van der Waals surface area contributed by atoms with E-state index in [0.29, 0.717) is 30.6 Å². The van der Waals surface area contributed by atoms with Gasteiger partial charge in [0.2, 0.25) is 5.95 Å². The van der Waals surface area contributed by atoms with Crippen LogP contribution in [0.4, 0.5) is 5.95 Å². The molecule has 1 aliphatic rings. The van der Waals surface area contributed by atoms with Crippen molar-refractivity contribution in [1.29, 1.82) is 0 Å². The van der Waals surface area contributed by atoms with E-state index in [2.05, 4.69) is 53.2 Å². The summed E-state index contributed by atoms with van der Waals surface area (Å²) in [5.74, 6) is 1.41. The molecule has 0 spiro atoms. The van der Waals surface area contributed by atoms with Gasteiger partial charge in [-0.1, -0.05) is 13.8 Å². The average molecular weight is 448 g/mol. The molecule has 1 amide bonds. The minimum atomic E-state index is -0.00101. The Morgan fingerprint density at radius 1 is 1.18 bits per heavy atom. The fraction of sp³-hybridized carbons (Fsp3) is 0.480. The summed E-state index contributed by atoms with van der Waals surface area (Å²) in [6, 6.07) is 6.12. The van der Waals surface area contributed by atoms with Gasteiger partial charge in [-0.25, -0.2) is 9.97 Å². The molecule has 0 atom stereocenters. The number of piperidine rings is 1. The van der Waals surface area contributed by atoms with Crippen LogP contribution in [0.25, 0.3) is 11.1 Å². The standard InChI is InChI=1S/C25H33N7O/c1-16(2)13-20-14-22(31-30-20)24(33)32-11-7-19(8-12-32)23-21(18-5-9-26-10-6-18)15-27-25(29-23)28-17(3)4/h5-6,9-10,14-17,19H,7-8,11-13H2,1-4H3,(H,30,31)(H,27,28,29). The zero-order chi connectivity index (χ0) is 23.4. The van der Waals surface area contributed by atoms with Crippen LogP contribution in [0.1, 0.15) is 68.3 Å². The first kappa shape index (κ1) is 22.9. The molecule has 33 heavy (non-hydrogen) atoms. The van der Waals surface area contributed by atoms with Crippen LogP contribution in [0, 0.1) is 5.92 Å². The lowest BCUT2D eigenvalue weighted by molar-refractivity contribution is 0.0706. The first-order chi connectivity index (χ1) is 15.9. The third-order valence-corrected chi connectivity index (χ3v) is 5.87. The van der Waals surface area contributed by atoms with E-state index < -0.39 is 0 Å². The molecular formula is C25H33N7O. The highest BCUT2D eigenvalue weighted by Gasteiger charge is 2.28. The second-order valence-corrected chi connectivity index (χ2v) is 9.47. The predicted octanol–water partition coefficient (Wildman–Crippen LogP) is 4.30. The van der Waals surface area contributed by atoms with Gasteiger partial charge < -0.3 is 10.2 Å². The van der Waals surface area contributed by atoms with Crippen molar-refractivity contribution in [3.8, 4) is 11.1 Å². The molecule has 3 aromatic rings. The van der Waals surface area contributed by atoms with Crippen LogP contribution in [-0.2, 0) is 6.42 Å². The van der Waals surface area contributed by atoms with Gasteiger partial charge in [-0.15, -0.1) is 0 Å². The van der Waals surface area contributed by atoms with Gasteiger partial charge in [-0.2, -0.15) is 5.10 Å². The molecular weight excluding hydrogens is 414 g/mol. The smallest absolute Gasteiger partial charge is 0.274 e. The predicted molar refractivity (Wildman–Crippen MR) is 129 cm³/mol. The zero-order valence-corrected chi connectivity index (χ0v) is 19.9. The Hall–Kier alpha value is -3.29. The van der Waals surface area contributed by atoms with Crippen LogP contribution >= 0.6 is 0 Å². The third-order valence-electron chi connectivity index (χ3n) is 5.87. The summed E-state index contributed by atoms with van der Waals surface area (Å²) in [4.78, 5) is 28.5. The molecule has 1 fully saturated rings. The van der Waals surface area contributed by atoms with Crippen LogP contribution in [0.5, 0.6) is 0 Å². The number of aromatic amines is 1. The summed E-state index contributed by atoms with van der Waals surface area (Å²) in [5, 5.41) is 10.6. The monoisotopic (exact) mass is 447 g/mol. The normalized spacial score (nSPS) is 14.8. The van der Waals surface area contributed by atoms with Crippen LogP contribution in [0.15, 0.2) is 36.8 Å². The number of nitrogens with zero attached hydrogens (tertiary/aromatic N) is 5. The van der Waals surface area contributed by atoms with Crippen LogP contribution in [0.3, 0.4) is 0 Å². The molecule has 0 radical (unpaired) electrons. The van der Waals surface area contributed by atoms with Gasteiger partial charge in [0.1, 0.15) is 5.69 Å². The van der Waals surface area contributed by atoms with E-state index in [9.17, 15) is 4.79 Å². The number of likely N-dealkylation sites (tertiary alicyclic amines) is 1. The Labute approximate surface area is 195 Å². The van der Waals surface area contributed by atoms with Gasteiger partial charge in [-0.3, -0.25) is 14.9 Å². The van der Waals surface area contributed by atoms with Gasteiger partial charge in [-0.05, 0) is 62.8 Å². The molecule has 0 saturated carbocycles. The van der Waals surface area contributed by atoms with Gasteiger partial charge in [0, 0.05) is 54.9 Å². The average Bonchev–Trinajstić information content (AvgIpc) is 3.26. The highest BCUT2D eigenvalue weighted by Crippen LogP contribution is 2.34. The number of pyridine rings is 1. The fourth-order valence-corrected chi connectivity index (χ4v) is 4.32. The van der Waals surface area contributed by atoms with E-state index in [1.807, 2.05) is 29.3 Å². The number of nitrogens with one attached hydrogen (secondary N) is 2. The third kappa shape index (κ3) is 5.56.